The van der Waals surface area contributed by atoms with E-state index in [1.165, 1.54) is 11.1 Å². The third-order valence-corrected chi connectivity index (χ3v) is 5.41. The van der Waals surface area contributed by atoms with Gasteiger partial charge in [0.15, 0.2) is 0 Å². The van der Waals surface area contributed by atoms with Crippen molar-refractivity contribution >= 4 is 12.0 Å². The molecule has 2 aromatic rings. The molecule has 150 valence electrons. The Bertz CT molecular complexity index is 876. The number of rotatable bonds is 5. The van der Waals surface area contributed by atoms with Gasteiger partial charge in [0.2, 0.25) is 5.91 Å². The summed E-state index contributed by atoms with van der Waals surface area (Å²) >= 11 is 0. The molecular weight excluding hydrogens is 358 g/mol. The van der Waals surface area contributed by atoms with Gasteiger partial charge in [-0.15, -0.1) is 0 Å². The minimum atomic E-state index is 0.0816. The van der Waals surface area contributed by atoms with Crippen molar-refractivity contribution in [3.63, 3.8) is 0 Å². The molecule has 1 heterocycles. The summed E-state index contributed by atoms with van der Waals surface area (Å²) in [6, 6.07) is 18.3. The molecule has 2 aromatic carbocycles. The minimum Gasteiger partial charge on any atom is -0.338 e. The standard InChI is InChI=1S/C25H29N3O/c1-20(2)24-11-8-21(9-12-24)10-13-25(29)28-15-3-14-27(16-17-28)19-23-6-4-22(18-26)5-7-23/h4-13,20H,3,14-17,19H2,1-2H3/b13-10+. The third kappa shape index (κ3) is 6.04. The molecule has 0 unspecified atom stereocenters. The highest BCUT2D eigenvalue weighted by Gasteiger charge is 2.17. The highest BCUT2D eigenvalue weighted by atomic mass is 16.2. The van der Waals surface area contributed by atoms with Crippen LogP contribution in [-0.2, 0) is 11.3 Å². The largest absolute Gasteiger partial charge is 0.338 e. The number of carbonyl (C=O) groups is 1. The van der Waals surface area contributed by atoms with Gasteiger partial charge in [-0.2, -0.15) is 5.26 Å². The molecule has 1 aliphatic heterocycles. The average molecular weight is 388 g/mol. The second-order valence-corrected chi connectivity index (χ2v) is 7.92. The van der Waals surface area contributed by atoms with Gasteiger partial charge in [-0.25, -0.2) is 0 Å². The Hall–Kier alpha value is -2.90. The van der Waals surface area contributed by atoms with Crippen LogP contribution in [0.2, 0.25) is 0 Å². The first kappa shape index (κ1) is 20.8. The molecule has 0 bridgehead atoms. The van der Waals surface area contributed by atoms with Crippen LogP contribution >= 0.6 is 0 Å². The smallest absolute Gasteiger partial charge is 0.246 e. The topological polar surface area (TPSA) is 47.3 Å². The number of amides is 1. The highest BCUT2D eigenvalue weighted by molar-refractivity contribution is 5.91. The first-order valence-electron chi connectivity index (χ1n) is 10.3. The van der Waals surface area contributed by atoms with E-state index in [9.17, 15) is 4.79 Å². The summed E-state index contributed by atoms with van der Waals surface area (Å²) in [5.74, 6) is 0.595. The first-order chi connectivity index (χ1) is 14.0. The zero-order chi connectivity index (χ0) is 20.6. The molecule has 0 radical (unpaired) electrons. The lowest BCUT2D eigenvalue weighted by molar-refractivity contribution is -0.125. The molecular formula is C25H29N3O. The Labute approximate surface area is 174 Å². The van der Waals surface area contributed by atoms with E-state index in [2.05, 4.69) is 49.1 Å². The van der Waals surface area contributed by atoms with E-state index in [4.69, 9.17) is 5.26 Å². The lowest BCUT2D eigenvalue weighted by Gasteiger charge is -2.21. The van der Waals surface area contributed by atoms with Crippen LogP contribution in [0.15, 0.2) is 54.6 Å². The Morgan fingerprint density at radius 2 is 1.76 bits per heavy atom. The molecule has 0 spiro atoms. The normalized spacial score (nSPS) is 15.4. The minimum absolute atomic E-state index is 0.0816. The van der Waals surface area contributed by atoms with Crippen LogP contribution in [0, 0.1) is 11.3 Å². The van der Waals surface area contributed by atoms with E-state index in [1.807, 2.05) is 35.2 Å². The zero-order valence-corrected chi connectivity index (χ0v) is 17.3. The molecule has 1 amide bonds. The van der Waals surface area contributed by atoms with Crippen molar-refractivity contribution in [2.75, 3.05) is 26.2 Å². The summed E-state index contributed by atoms with van der Waals surface area (Å²) in [5.41, 5.74) is 4.25. The maximum absolute atomic E-state index is 12.6. The van der Waals surface area contributed by atoms with Crippen LogP contribution in [0.1, 0.15) is 48.4 Å². The molecule has 0 atom stereocenters. The van der Waals surface area contributed by atoms with E-state index < -0.39 is 0 Å². The molecule has 1 fully saturated rings. The van der Waals surface area contributed by atoms with Crippen LogP contribution in [0.4, 0.5) is 0 Å². The lowest BCUT2D eigenvalue weighted by atomic mass is 10.0. The number of nitriles is 1. The van der Waals surface area contributed by atoms with Crippen LogP contribution in [0.3, 0.4) is 0 Å². The number of carbonyl (C=O) groups excluding carboxylic acids is 1. The molecule has 3 rings (SSSR count). The van der Waals surface area contributed by atoms with Gasteiger partial charge in [0.05, 0.1) is 11.6 Å². The van der Waals surface area contributed by atoms with Crippen molar-refractivity contribution in [2.24, 2.45) is 0 Å². The van der Waals surface area contributed by atoms with Crippen molar-refractivity contribution < 1.29 is 4.79 Å². The van der Waals surface area contributed by atoms with Crippen molar-refractivity contribution in [2.45, 2.75) is 32.7 Å². The highest BCUT2D eigenvalue weighted by Crippen LogP contribution is 2.16. The number of benzene rings is 2. The fraction of sp³-hybridized carbons (Fsp3) is 0.360. The average Bonchev–Trinajstić information content (AvgIpc) is 2.98. The SMILES string of the molecule is CC(C)c1ccc(/C=C/C(=O)N2CCCN(Cc3ccc(C#N)cc3)CC2)cc1. The summed E-state index contributed by atoms with van der Waals surface area (Å²) in [6.07, 6.45) is 4.57. The zero-order valence-electron chi connectivity index (χ0n) is 17.3. The number of hydrogen-bond acceptors (Lipinski definition) is 3. The molecule has 4 nitrogen and oxygen atoms in total. The second kappa shape index (κ2) is 10.0. The third-order valence-electron chi connectivity index (χ3n) is 5.41. The maximum Gasteiger partial charge on any atom is 0.246 e. The van der Waals surface area contributed by atoms with Gasteiger partial charge in [-0.3, -0.25) is 9.69 Å². The van der Waals surface area contributed by atoms with Crippen LogP contribution in [0.5, 0.6) is 0 Å². The van der Waals surface area contributed by atoms with Gasteiger partial charge in [0, 0.05) is 38.8 Å². The van der Waals surface area contributed by atoms with E-state index in [-0.39, 0.29) is 5.91 Å². The monoisotopic (exact) mass is 387 g/mol. The van der Waals surface area contributed by atoms with E-state index >= 15 is 0 Å². The number of nitrogens with zero attached hydrogens (tertiary/aromatic N) is 3. The summed E-state index contributed by atoms with van der Waals surface area (Å²) in [6.45, 7) is 8.58. The van der Waals surface area contributed by atoms with Gasteiger partial charge >= 0.3 is 0 Å². The quantitative estimate of drug-likeness (QED) is 0.713. The fourth-order valence-electron chi connectivity index (χ4n) is 3.56. The van der Waals surface area contributed by atoms with Crippen molar-refractivity contribution in [1.29, 1.82) is 5.26 Å². The van der Waals surface area contributed by atoms with Crippen LogP contribution in [-0.4, -0.2) is 41.9 Å². The van der Waals surface area contributed by atoms with Gasteiger partial charge in [-0.05, 0) is 47.2 Å². The van der Waals surface area contributed by atoms with Crippen molar-refractivity contribution in [3.05, 3.63) is 76.9 Å². The van der Waals surface area contributed by atoms with Crippen molar-refractivity contribution in [1.82, 2.24) is 9.80 Å². The van der Waals surface area contributed by atoms with Crippen molar-refractivity contribution in [3.8, 4) is 6.07 Å². The summed E-state index contributed by atoms with van der Waals surface area (Å²) in [4.78, 5) is 16.9. The lowest BCUT2D eigenvalue weighted by Crippen LogP contribution is -2.34. The molecule has 0 N–H and O–H groups in total. The predicted molar refractivity (Wildman–Crippen MR) is 117 cm³/mol. The van der Waals surface area contributed by atoms with Gasteiger partial charge in [0.1, 0.15) is 0 Å². The van der Waals surface area contributed by atoms with E-state index in [0.717, 1.165) is 44.7 Å². The van der Waals surface area contributed by atoms with Crippen LogP contribution < -0.4 is 0 Å². The molecule has 0 saturated carbocycles. The molecule has 29 heavy (non-hydrogen) atoms. The summed E-state index contributed by atoms with van der Waals surface area (Å²) in [5, 5.41) is 8.92. The van der Waals surface area contributed by atoms with Gasteiger partial charge < -0.3 is 4.90 Å². The fourth-order valence-corrected chi connectivity index (χ4v) is 3.56. The van der Waals surface area contributed by atoms with Gasteiger partial charge in [0.25, 0.3) is 0 Å². The van der Waals surface area contributed by atoms with Gasteiger partial charge in [-0.1, -0.05) is 50.2 Å². The Morgan fingerprint density at radius 1 is 1.03 bits per heavy atom. The Balaban J connectivity index is 1.52. The molecule has 0 aliphatic carbocycles. The Morgan fingerprint density at radius 3 is 2.41 bits per heavy atom. The maximum atomic E-state index is 12.6. The molecule has 4 heteroatoms. The second-order valence-electron chi connectivity index (χ2n) is 7.92. The van der Waals surface area contributed by atoms with E-state index in [0.29, 0.717) is 11.5 Å². The molecule has 0 aromatic heterocycles. The predicted octanol–water partition coefficient (Wildman–Crippen LogP) is 4.43. The molecule has 1 aliphatic rings. The number of hydrogen-bond donors (Lipinski definition) is 0. The summed E-state index contributed by atoms with van der Waals surface area (Å²) in [7, 11) is 0. The summed E-state index contributed by atoms with van der Waals surface area (Å²) < 4.78 is 0. The van der Waals surface area contributed by atoms with Crippen LogP contribution in [0.25, 0.3) is 6.08 Å². The Kier molecular flexibility index (Phi) is 7.21. The molecule has 1 saturated heterocycles. The first-order valence-corrected chi connectivity index (χ1v) is 10.3. The van der Waals surface area contributed by atoms with E-state index in [1.54, 1.807) is 6.08 Å².